The van der Waals surface area contributed by atoms with Crippen LogP contribution in [0.25, 0.3) is 0 Å². The van der Waals surface area contributed by atoms with Crippen LogP contribution in [0.2, 0.25) is 0 Å². The number of rotatable bonds is 2. The largest absolute Gasteiger partial charge is 0.459 e. The Balaban J connectivity index is 2.94. The van der Waals surface area contributed by atoms with Gasteiger partial charge >= 0.3 is 5.97 Å². The predicted octanol–water partition coefficient (Wildman–Crippen LogP) is 2.68. The molecule has 1 aromatic carbocycles. The van der Waals surface area contributed by atoms with E-state index in [1.165, 1.54) is 18.2 Å². The smallest absolute Gasteiger partial charge is 0.341 e. The number of carbonyl (C=O) groups excluding carboxylic acids is 1. The number of hydrogen-bond acceptors (Lipinski definition) is 3. The lowest BCUT2D eigenvalue weighted by molar-refractivity contribution is 0.0372. The molecule has 0 saturated heterocycles. The van der Waals surface area contributed by atoms with E-state index in [1.807, 2.05) is 0 Å². The van der Waals surface area contributed by atoms with Gasteiger partial charge in [0.15, 0.2) is 0 Å². The minimum absolute atomic E-state index is 0.0776. The van der Waals surface area contributed by atoms with Crippen molar-refractivity contribution in [2.24, 2.45) is 0 Å². The summed E-state index contributed by atoms with van der Waals surface area (Å²) in [5, 5.41) is 0. The minimum Gasteiger partial charge on any atom is -0.459 e. The minimum atomic E-state index is -0.659. The molecule has 4 heteroatoms. The average molecular weight is 214 g/mol. The van der Waals surface area contributed by atoms with E-state index in [9.17, 15) is 9.18 Å². The van der Waals surface area contributed by atoms with E-state index in [1.54, 1.807) is 13.8 Å². The van der Waals surface area contributed by atoms with Crippen LogP contribution < -0.4 is 0 Å². The van der Waals surface area contributed by atoms with Crippen molar-refractivity contribution in [2.45, 2.75) is 24.8 Å². The highest BCUT2D eigenvalue weighted by atomic mass is 32.1. The Kier molecular flexibility index (Phi) is 3.52. The van der Waals surface area contributed by atoms with Crippen molar-refractivity contribution in [2.75, 3.05) is 0 Å². The van der Waals surface area contributed by atoms with Gasteiger partial charge in [0.2, 0.25) is 0 Å². The summed E-state index contributed by atoms with van der Waals surface area (Å²) in [7, 11) is 0. The zero-order valence-corrected chi connectivity index (χ0v) is 8.85. The molecular formula is C10H11FO2S. The molecule has 2 nitrogen and oxygen atoms in total. The third-order valence-corrected chi connectivity index (χ3v) is 1.79. The van der Waals surface area contributed by atoms with Crippen molar-refractivity contribution in [1.82, 2.24) is 0 Å². The molecule has 0 fully saturated rings. The van der Waals surface area contributed by atoms with E-state index in [2.05, 4.69) is 12.6 Å². The first-order valence-corrected chi connectivity index (χ1v) is 4.65. The topological polar surface area (TPSA) is 26.3 Å². The lowest BCUT2D eigenvalue weighted by Gasteiger charge is -2.08. The molecular weight excluding hydrogens is 203 g/mol. The third kappa shape index (κ3) is 2.73. The molecule has 14 heavy (non-hydrogen) atoms. The van der Waals surface area contributed by atoms with Crippen molar-refractivity contribution in [1.29, 1.82) is 0 Å². The molecule has 0 N–H and O–H groups in total. The summed E-state index contributed by atoms with van der Waals surface area (Å²) in [5.74, 6) is -1.25. The van der Waals surface area contributed by atoms with Gasteiger partial charge in [0.1, 0.15) is 5.82 Å². The Morgan fingerprint density at radius 3 is 2.71 bits per heavy atom. The van der Waals surface area contributed by atoms with E-state index in [0.29, 0.717) is 4.90 Å². The second-order valence-electron chi connectivity index (χ2n) is 3.12. The van der Waals surface area contributed by atoms with Gasteiger partial charge in [-0.15, -0.1) is 12.6 Å². The maximum Gasteiger partial charge on any atom is 0.341 e. The van der Waals surface area contributed by atoms with Crippen LogP contribution in [0.5, 0.6) is 0 Å². The summed E-state index contributed by atoms with van der Waals surface area (Å²) in [4.78, 5) is 11.9. The van der Waals surface area contributed by atoms with E-state index in [-0.39, 0.29) is 11.7 Å². The Labute approximate surface area is 87.5 Å². The predicted molar refractivity (Wildman–Crippen MR) is 54.2 cm³/mol. The highest BCUT2D eigenvalue weighted by molar-refractivity contribution is 7.80. The van der Waals surface area contributed by atoms with Crippen LogP contribution in [0, 0.1) is 5.82 Å². The quantitative estimate of drug-likeness (QED) is 0.605. The first kappa shape index (κ1) is 11.0. The highest BCUT2D eigenvalue weighted by Gasteiger charge is 2.14. The van der Waals surface area contributed by atoms with Crippen LogP contribution in [0.4, 0.5) is 4.39 Å². The average Bonchev–Trinajstić information content (AvgIpc) is 2.08. The van der Waals surface area contributed by atoms with E-state index in [4.69, 9.17) is 4.74 Å². The summed E-state index contributed by atoms with van der Waals surface area (Å²) >= 11 is 4.01. The SMILES string of the molecule is CC(C)OC(=O)c1cc(S)ccc1F. The van der Waals surface area contributed by atoms with Crippen molar-refractivity contribution in [3.8, 4) is 0 Å². The molecule has 0 aromatic heterocycles. The molecule has 0 atom stereocenters. The summed E-state index contributed by atoms with van der Waals surface area (Å²) in [5.41, 5.74) is -0.0776. The van der Waals surface area contributed by atoms with E-state index >= 15 is 0 Å². The first-order chi connectivity index (χ1) is 6.50. The van der Waals surface area contributed by atoms with Gasteiger partial charge in [0, 0.05) is 4.90 Å². The van der Waals surface area contributed by atoms with E-state index < -0.39 is 11.8 Å². The summed E-state index contributed by atoms with van der Waals surface area (Å²) in [6.45, 7) is 3.42. The molecule has 0 aliphatic rings. The number of esters is 1. The normalized spacial score (nSPS) is 10.4. The second-order valence-corrected chi connectivity index (χ2v) is 3.63. The van der Waals surface area contributed by atoms with Gasteiger partial charge in [-0.2, -0.15) is 0 Å². The molecule has 0 aliphatic heterocycles. The first-order valence-electron chi connectivity index (χ1n) is 4.20. The van der Waals surface area contributed by atoms with Crippen molar-refractivity contribution >= 4 is 18.6 Å². The molecule has 76 valence electrons. The number of thiol groups is 1. The lowest BCUT2D eigenvalue weighted by atomic mass is 10.2. The van der Waals surface area contributed by atoms with Crippen molar-refractivity contribution < 1.29 is 13.9 Å². The number of benzene rings is 1. The maximum absolute atomic E-state index is 13.1. The van der Waals surface area contributed by atoms with Crippen LogP contribution in [-0.2, 0) is 4.74 Å². The number of halogens is 1. The molecule has 0 heterocycles. The van der Waals surface area contributed by atoms with Crippen LogP contribution >= 0.6 is 12.6 Å². The van der Waals surface area contributed by atoms with Gasteiger partial charge in [0.05, 0.1) is 11.7 Å². The van der Waals surface area contributed by atoms with Crippen molar-refractivity contribution in [3.05, 3.63) is 29.6 Å². The fourth-order valence-electron chi connectivity index (χ4n) is 0.947. The molecule has 0 bridgehead atoms. The van der Waals surface area contributed by atoms with Crippen LogP contribution in [-0.4, -0.2) is 12.1 Å². The van der Waals surface area contributed by atoms with Gasteiger partial charge in [-0.05, 0) is 32.0 Å². The Bertz CT molecular complexity index is 350. The molecule has 1 rings (SSSR count). The zero-order valence-electron chi connectivity index (χ0n) is 7.95. The second kappa shape index (κ2) is 4.46. The van der Waals surface area contributed by atoms with Gasteiger partial charge in [-0.3, -0.25) is 0 Å². The molecule has 0 saturated carbocycles. The Morgan fingerprint density at radius 2 is 2.14 bits per heavy atom. The third-order valence-electron chi connectivity index (χ3n) is 1.51. The van der Waals surface area contributed by atoms with Crippen molar-refractivity contribution in [3.63, 3.8) is 0 Å². The van der Waals surface area contributed by atoms with E-state index in [0.717, 1.165) is 0 Å². The van der Waals surface area contributed by atoms with Gasteiger partial charge in [0.25, 0.3) is 0 Å². The van der Waals surface area contributed by atoms with Crippen LogP contribution in [0.3, 0.4) is 0 Å². The highest BCUT2D eigenvalue weighted by Crippen LogP contribution is 2.15. The van der Waals surface area contributed by atoms with Crippen LogP contribution in [0.1, 0.15) is 24.2 Å². The molecule has 0 radical (unpaired) electrons. The van der Waals surface area contributed by atoms with Crippen LogP contribution in [0.15, 0.2) is 23.1 Å². The Hall–Kier alpha value is -1.03. The monoisotopic (exact) mass is 214 g/mol. The van der Waals surface area contributed by atoms with Gasteiger partial charge in [-0.25, -0.2) is 9.18 Å². The molecule has 0 unspecified atom stereocenters. The Morgan fingerprint density at radius 1 is 1.50 bits per heavy atom. The summed E-state index contributed by atoms with van der Waals surface area (Å²) in [6, 6.07) is 4.02. The molecule has 0 spiro atoms. The maximum atomic E-state index is 13.1. The summed E-state index contributed by atoms with van der Waals surface area (Å²) < 4.78 is 18.0. The standard InChI is InChI=1S/C10H11FO2S/c1-6(2)13-10(12)8-5-7(14)3-4-9(8)11/h3-6,14H,1-2H3. The molecule has 0 aliphatic carbocycles. The fourth-order valence-corrected chi connectivity index (χ4v) is 1.15. The van der Waals surface area contributed by atoms with Gasteiger partial charge < -0.3 is 4.74 Å². The summed E-state index contributed by atoms with van der Waals surface area (Å²) in [6.07, 6.45) is -0.259. The zero-order chi connectivity index (χ0) is 10.7. The number of carbonyl (C=O) groups is 1. The fraction of sp³-hybridized carbons (Fsp3) is 0.300. The van der Waals surface area contributed by atoms with Gasteiger partial charge in [-0.1, -0.05) is 0 Å². The number of hydrogen-bond donors (Lipinski definition) is 1. The molecule has 0 amide bonds. The molecule has 1 aromatic rings. The lowest BCUT2D eigenvalue weighted by Crippen LogP contribution is -2.13. The number of ether oxygens (including phenoxy) is 1.